The first kappa shape index (κ1) is 20.3. The molecule has 11 heteroatoms. The molecule has 0 saturated carbocycles. The van der Waals surface area contributed by atoms with Gasteiger partial charge in [-0.1, -0.05) is 13.8 Å². The lowest BCUT2D eigenvalue weighted by atomic mass is 9.96. The summed E-state index contributed by atoms with van der Waals surface area (Å²) in [5, 5.41) is 24.8. The Morgan fingerprint density at radius 2 is 2.20 bits per heavy atom. The van der Waals surface area contributed by atoms with E-state index in [0.717, 1.165) is 0 Å². The Kier molecular flexibility index (Phi) is 4.76. The highest BCUT2D eigenvalue weighted by Gasteiger charge is 2.54. The van der Waals surface area contributed by atoms with Crippen molar-refractivity contribution in [3.63, 3.8) is 0 Å². The number of hydrogen-bond donors (Lipinski definition) is 4. The number of carbonyl (C=O) groups excluding carboxylic acids is 2. The molecule has 2 aliphatic heterocycles. The van der Waals surface area contributed by atoms with Gasteiger partial charge in [-0.3, -0.25) is 9.59 Å². The van der Waals surface area contributed by atoms with Gasteiger partial charge in [0.15, 0.2) is 6.23 Å². The molecule has 0 radical (unpaired) electrons. The summed E-state index contributed by atoms with van der Waals surface area (Å²) in [5.74, 6) is -0.907. The quantitative estimate of drug-likeness (QED) is 0.497. The highest BCUT2D eigenvalue weighted by Crippen LogP contribution is 2.42. The Morgan fingerprint density at radius 3 is 2.90 bits per heavy atom. The van der Waals surface area contributed by atoms with Gasteiger partial charge in [-0.2, -0.15) is 0 Å². The van der Waals surface area contributed by atoms with Crippen LogP contribution in [0.25, 0.3) is 16.7 Å². The Morgan fingerprint density at radius 1 is 1.47 bits per heavy atom. The van der Waals surface area contributed by atoms with Gasteiger partial charge in [-0.05, 0) is 6.92 Å². The second-order valence-corrected chi connectivity index (χ2v) is 7.94. The maximum atomic E-state index is 11.9. The fraction of sp³-hybridized carbons (Fsp3) is 0.474. The second-order valence-electron chi connectivity index (χ2n) is 7.94. The normalized spacial score (nSPS) is 28.4. The number of rotatable bonds is 4. The van der Waals surface area contributed by atoms with Crippen LogP contribution in [0.1, 0.15) is 32.6 Å². The molecule has 160 valence electrons. The molecular weight excluding hydrogens is 394 g/mol. The number of aliphatic hydroxyl groups is 2. The molecule has 1 fully saturated rings. The molecule has 2 aromatic heterocycles. The van der Waals surface area contributed by atoms with E-state index in [4.69, 9.17) is 15.2 Å². The average molecular weight is 417 g/mol. The van der Waals surface area contributed by atoms with Crippen molar-refractivity contribution in [1.29, 1.82) is 0 Å². The van der Waals surface area contributed by atoms with Crippen molar-refractivity contribution in [1.82, 2.24) is 14.5 Å². The molecule has 2 aliphatic rings. The minimum atomic E-state index is -1.73. The van der Waals surface area contributed by atoms with Crippen molar-refractivity contribution in [3.05, 3.63) is 24.2 Å². The van der Waals surface area contributed by atoms with E-state index in [-0.39, 0.29) is 24.0 Å². The van der Waals surface area contributed by atoms with Gasteiger partial charge in [0.2, 0.25) is 0 Å². The molecule has 1 saturated heterocycles. The Labute approximate surface area is 171 Å². The van der Waals surface area contributed by atoms with Gasteiger partial charge in [0, 0.05) is 23.5 Å². The molecular formula is C19H23N5O6. The number of nitrogens with two attached hydrogens (primary N) is 1. The van der Waals surface area contributed by atoms with Crippen LogP contribution in [0.5, 0.6) is 0 Å². The van der Waals surface area contributed by atoms with E-state index in [9.17, 15) is 19.8 Å². The minimum absolute atomic E-state index is 0.199. The van der Waals surface area contributed by atoms with E-state index in [1.165, 1.54) is 23.9 Å². The van der Waals surface area contributed by atoms with Gasteiger partial charge in [0.1, 0.15) is 42.2 Å². The summed E-state index contributed by atoms with van der Waals surface area (Å²) >= 11 is 0. The first-order chi connectivity index (χ1) is 14.1. The summed E-state index contributed by atoms with van der Waals surface area (Å²) in [6.45, 7) is 4.60. The number of hydrogen-bond acceptors (Lipinski definition) is 9. The maximum absolute atomic E-state index is 11.9. The Balaban J connectivity index is 1.73. The summed E-state index contributed by atoms with van der Waals surface area (Å²) in [6, 6.07) is 0. The molecule has 2 aromatic rings. The third kappa shape index (κ3) is 3.11. The Bertz CT molecular complexity index is 1060. The predicted octanol–water partition coefficient (Wildman–Crippen LogP) is -0.108. The van der Waals surface area contributed by atoms with Crippen molar-refractivity contribution in [2.24, 2.45) is 11.7 Å². The number of amides is 1. The first-order valence-electron chi connectivity index (χ1n) is 9.47. The highest BCUT2D eigenvalue weighted by molar-refractivity contribution is 6.13. The molecule has 0 spiro atoms. The zero-order valence-corrected chi connectivity index (χ0v) is 16.7. The number of aliphatic hydroxyl groups excluding tert-OH is 1. The fourth-order valence-corrected chi connectivity index (χ4v) is 3.66. The molecule has 11 nitrogen and oxygen atoms in total. The van der Waals surface area contributed by atoms with Crippen LogP contribution in [-0.4, -0.2) is 61.0 Å². The zero-order valence-electron chi connectivity index (χ0n) is 16.7. The smallest absolute Gasteiger partial charge is 0.308 e. The molecule has 0 bridgehead atoms. The molecule has 5 N–H and O–H groups in total. The monoisotopic (exact) mass is 417 g/mol. The third-order valence-corrected chi connectivity index (χ3v) is 5.32. The summed E-state index contributed by atoms with van der Waals surface area (Å²) in [5.41, 5.74) is 5.37. The van der Waals surface area contributed by atoms with Crippen LogP contribution in [0.4, 0.5) is 5.82 Å². The predicted molar refractivity (Wildman–Crippen MR) is 105 cm³/mol. The summed E-state index contributed by atoms with van der Waals surface area (Å²) in [4.78, 5) is 32.1. The topological polar surface area (TPSA) is 162 Å². The fourth-order valence-electron chi connectivity index (χ4n) is 3.66. The third-order valence-electron chi connectivity index (χ3n) is 5.32. The molecule has 1 amide bonds. The lowest BCUT2D eigenvalue weighted by Crippen LogP contribution is -2.44. The van der Waals surface area contributed by atoms with Crippen molar-refractivity contribution < 1.29 is 29.3 Å². The number of nitrogens with zero attached hydrogens (tertiary/aromatic N) is 3. The molecule has 4 rings (SSSR count). The highest BCUT2D eigenvalue weighted by atomic mass is 16.6. The van der Waals surface area contributed by atoms with Crippen LogP contribution in [-0.2, 0) is 19.1 Å². The van der Waals surface area contributed by atoms with Gasteiger partial charge < -0.3 is 35.3 Å². The van der Waals surface area contributed by atoms with Crippen molar-refractivity contribution in [2.45, 2.75) is 44.8 Å². The van der Waals surface area contributed by atoms with Gasteiger partial charge in [0.25, 0.3) is 5.91 Å². The van der Waals surface area contributed by atoms with Crippen LogP contribution in [0.2, 0.25) is 0 Å². The van der Waals surface area contributed by atoms with E-state index in [1.54, 1.807) is 20.0 Å². The lowest BCUT2D eigenvalue weighted by Gasteiger charge is -2.27. The SMILES string of the molecule is CC(C)C(=O)OCC1OC(n2cc3c4c(ncnc42)NC(=O)C=C3N)C(C)(O)C1O. The first-order valence-corrected chi connectivity index (χ1v) is 9.47. The molecule has 4 heterocycles. The standard InChI is InChI=1S/C19H23N5O6/c1-8(2)17(27)29-6-11-14(26)19(3,28)18(30-11)24-5-9-10(20)4-12(25)23-15-13(9)16(24)22-7-21-15/h4-5,7-8,11,14,18,26,28H,6,20H2,1-3H3,(H,21,22,23,25). The molecule has 0 aromatic carbocycles. The van der Waals surface area contributed by atoms with Crippen molar-refractivity contribution >= 4 is 34.4 Å². The van der Waals surface area contributed by atoms with Gasteiger partial charge in [-0.15, -0.1) is 0 Å². The molecule has 30 heavy (non-hydrogen) atoms. The van der Waals surface area contributed by atoms with E-state index in [0.29, 0.717) is 16.6 Å². The second kappa shape index (κ2) is 7.04. The lowest BCUT2D eigenvalue weighted by molar-refractivity contribution is -0.153. The number of anilines is 1. The van der Waals surface area contributed by atoms with Gasteiger partial charge in [0.05, 0.1) is 11.3 Å². The largest absolute Gasteiger partial charge is 0.463 e. The van der Waals surface area contributed by atoms with Gasteiger partial charge >= 0.3 is 5.97 Å². The number of aromatic nitrogens is 3. The van der Waals surface area contributed by atoms with E-state index in [1.807, 2.05) is 0 Å². The maximum Gasteiger partial charge on any atom is 0.308 e. The van der Waals surface area contributed by atoms with Crippen LogP contribution in [0, 0.1) is 5.92 Å². The zero-order chi connectivity index (χ0) is 21.8. The van der Waals surface area contributed by atoms with Crippen LogP contribution >= 0.6 is 0 Å². The van der Waals surface area contributed by atoms with Crippen LogP contribution < -0.4 is 11.1 Å². The van der Waals surface area contributed by atoms with Crippen LogP contribution in [0.15, 0.2) is 18.6 Å². The number of ether oxygens (including phenoxy) is 2. The molecule has 0 aliphatic carbocycles. The van der Waals surface area contributed by atoms with E-state index >= 15 is 0 Å². The van der Waals surface area contributed by atoms with Gasteiger partial charge in [-0.25, -0.2) is 9.97 Å². The summed E-state index contributed by atoms with van der Waals surface area (Å²) in [6.07, 6.45) is 0.750. The average Bonchev–Trinajstić information content (AvgIpc) is 3.12. The summed E-state index contributed by atoms with van der Waals surface area (Å²) < 4.78 is 12.6. The van der Waals surface area contributed by atoms with Crippen LogP contribution in [0.3, 0.4) is 0 Å². The summed E-state index contributed by atoms with van der Waals surface area (Å²) in [7, 11) is 0. The van der Waals surface area contributed by atoms with E-state index < -0.39 is 35.9 Å². The van der Waals surface area contributed by atoms with E-state index in [2.05, 4.69) is 15.3 Å². The van der Waals surface area contributed by atoms with Crippen molar-refractivity contribution in [3.8, 4) is 0 Å². The number of carbonyl (C=O) groups is 2. The van der Waals surface area contributed by atoms with Crippen molar-refractivity contribution in [2.75, 3.05) is 11.9 Å². The Hall–Kier alpha value is -3.02. The number of esters is 1. The molecule has 4 atom stereocenters. The minimum Gasteiger partial charge on any atom is -0.463 e. The molecule has 4 unspecified atom stereocenters. The number of nitrogens with one attached hydrogen (secondary N) is 1.